The van der Waals surface area contributed by atoms with Crippen LogP contribution in [-0.4, -0.2) is 30.3 Å². The van der Waals surface area contributed by atoms with E-state index < -0.39 is 12.1 Å². The van der Waals surface area contributed by atoms with Gasteiger partial charge in [0.05, 0.1) is 0 Å². The molecule has 1 aromatic carbocycles. The maximum Gasteiger partial charge on any atom is 0.322 e. The molecule has 1 aromatic rings. The van der Waals surface area contributed by atoms with Gasteiger partial charge in [0.25, 0.3) is 5.91 Å². The Labute approximate surface area is 109 Å². The molecule has 6 heteroatoms. The Morgan fingerprint density at radius 2 is 1.95 bits per heavy atom. The molecule has 0 radical (unpaired) electrons. The zero-order valence-electron chi connectivity index (χ0n) is 9.97. The number of carbonyl (C=O) groups excluding carboxylic acids is 2. The molecule has 1 fully saturated rings. The van der Waals surface area contributed by atoms with Gasteiger partial charge in [0.2, 0.25) is 0 Å². The molecule has 1 heterocycles. The minimum Gasteiger partial charge on any atom is -0.481 e. The number of aliphatic hydroxyl groups is 1. The molecule has 3 amide bonds. The fourth-order valence-corrected chi connectivity index (χ4v) is 1.63. The van der Waals surface area contributed by atoms with Crippen molar-refractivity contribution in [3.05, 3.63) is 29.8 Å². The van der Waals surface area contributed by atoms with Gasteiger partial charge in [-0.05, 0) is 17.7 Å². The predicted molar refractivity (Wildman–Crippen MR) is 66.2 cm³/mol. The van der Waals surface area contributed by atoms with Gasteiger partial charge in [0.15, 0.2) is 0 Å². The Morgan fingerprint density at radius 1 is 1.21 bits per heavy atom. The molecule has 6 nitrogen and oxygen atoms in total. The van der Waals surface area contributed by atoms with Crippen molar-refractivity contribution in [2.45, 2.75) is 6.04 Å². The summed E-state index contributed by atoms with van der Waals surface area (Å²) in [5.74, 6) is 5.32. The monoisotopic (exact) mass is 260 g/mol. The lowest BCUT2D eigenvalue weighted by atomic mass is 10.1. The highest BCUT2D eigenvalue weighted by atomic mass is 16.5. The quantitative estimate of drug-likeness (QED) is 0.525. The van der Waals surface area contributed by atoms with Crippen molar-refractivity contribution in [1.82, 2.24) is 10.6 Å². The summed E-state index contributed by atoms with van der Waals surface area (Å²) in [4.78, 5) is 22.5. The molecule has 1 saturated heterocycles. The van der Waals surface area contributed by atoms with Crippen molar-refractivity contribution in [2.24, 2.45) is 0 Å². The van der Waals surface area contributed by atoms with Gasteiger partial charge >= 0.3 is 6.03 Å². The highest BCUT2D eigenvalue weighted by Crippen LogP contribution is 2.20. The van der Waals surface area contributed by atoms with Gasteiger partial charge in [-0.2, -0.15) is 0 Å². The van der Waals surface area contributed by atoms with Gasteiger partial charge in [-0.3, -0.25) is 10.1 Å². The fraction of sp³-hybridized carbons (Fsp3) is 0.231. The molecule has 1 aliphatic heterocycles. The number of rotatable bonds is 3. The second-order valence-corrected chi connectivity index (χ2v) is 3.77. The van der Waals surface area contributed by atoms with Crippen molar-refractivity contribution in [3.63, 3.8) is 0 Å². The minimum absolute atomic E-state index is 0.181. The molecule has 2 rings (SSSR count). The molecule has 3 N–H and O–H groups in total. The molecule has 0 bridgehead atoms. The molecular weight excluding hydrogens is 248 g/mol. The Bertz CT molecular complexity index is 542. The Morgan fingerprint density at radius 3 is 2.53 bits per heavy atom. The van der Waals surface area contributed by atoms with Gasteiger partial charge in [0, 0.05) is 0 Å². The first-order chi connectivity index (χ1) is 9.20. The third-order valence-corrected chi connectivity index (χ3v) is 2.50. The van der Waals surface area contributed by atoms with E-state index in [0.29, 0.717) is 11.3 Å². The van der Waals surface area contributed by atoms with Crippen LogP contribution in [0.25, 0.3) is 0 Å². The van der Waals surface area contributed by atoms with Gasteiger partial charge in [0.1, 0.15) is 25.0 Å². The number of carbonyl (C=O) groups is 2. The van der Waals surface area contributed by atoms with Gasteiger partial charge in [-0.1, -0.05) is 24.0 Å². The minimum atomic E-state index is -0.657. The number of urea groups is 1. The predicted octanol–water partition coefficient (Wildman–Crippen LogP) is -0.0584. The van der Waals surface area contributed by atoms with Crippen LogP contribution in [0.1, 0.15) is 11.6 Å². The lowest BCUT2D eigenvalue weighted by Crippen LogP contribution is -2.22. The van der Waals surface area contributed by atoms with Crippen LogP contribution < -0.4 is 15.4 Å². The molecule has 0 saturated carbocycles. The van der Waals surface area contributed by atoms with Crippen LogP contribution in [0.5, 0.6) is 5.75 Å². The van der Waals surface area contributed by atoms with E-state index in [9.17, 15) is 9.59 Å². The summed E-state index contributed by atoms with van der Waals surface area (Å²) >= 11 is 0. The van der Waals surface area contributed by atoms with Crippen LogP contribution in [0.4, 0.5) is 4.79 Å². The molecule has 0 aromatic heterocycles. The molecular formula is C13H12N2O4. The molecule has 1 unspecified atom stereocenters. The highest BCUT2D eigenvalue weighted by Gasteiger charge is 2.30. The lowest BCUT2D eigenvalue weighted by molar-refractivity contribution is -0.120. The van der Waals surface area contributed by atoms with Crippen LogP contribution in [0.2, 0.25) is 0 Å². The second kappa shape index (κ2) is 5.89. The van der Waals surface area contributed by atoms with Crippen molar-refractivity contribution in [3.8, 4) is 17.6 Å². The van der Waals surface area contributed by atoms with Gasteiger partial charge in [-0.25, -0.2) is 4.79 Å². The summed E-state index contributed by atoms with van der Waals surface area (Å²) in [7, 11) is 0. The molecule has 0 aliphatic carbocycles. The normalized spacial score (nSPS) is 17.2. The number of benzene rings is 1. The van der Waals surface area contributed by atoms with Gasteiger partial charge < -0.3 is 15.2 Å². The maximum atomic E-state index is 11.4. The van der Waals surface area contributed by atoms with Crippen LogP contribution in [0.3, 0.4) is 0 Å². The van der Waals surface area contributed by atoms with E-state index >= 15 is 0 Å². The van der Waals surface area contributed by atoms with E-state index in [1.165, 1.54) is 0 Å². The molecule has 98 valence electrons. The van der Waals surface area contributed by atoms with Crippen LogP contribution in [0, 0.1) is 11.8 Å². The van der Waals surface area contributed by atoms with E-state index in [1.807, 2.05) is 0 Å². The average molecular weight is 260 g/mol. The fourth-order valence-electron chi connectivity index (χ4n) is 1.63. The summed E-state index contributed by atoms with van der Waals surface area (Å²) in [6, 6.07) is 5.63. The number of imide groups is 1. The van der Waals surface area contributed by atoms with Crippen molar-refractivity contribution in [1.29, 1.82) is 0 Å². The standard InChI is InChI=1S/C13H12N2O4/c16-7-1-2-8-19-10-5-3-9(4-6-10)11-12(17)15-13(18)14-11/h3-6,11,16H,7-8H2,(H2,14,15,17,18). The largest absolute Gasteiger partial charge is 0.481 e. The van der Waals surface area contributed by atoms with E-state index in [-0.39, 0.29) is 19.1 Å². The summed E-state index contributed by atoms with van der Waals surface area (Å²) in [6.07, 6.45) is 0. The maximum absolute atomic E-state index is 11.4. The van der Waals surface area contributed by atoms with Crippen molar-refractivity contribution < 1.29 is 19.4 Å². The van der Waals surface area contributed by atoms with Crippen molar-refractivity contribution >= 4 is 11.9 Å². The van der Waals surface area contributed by atoms with E-state index in [1.54, 1.807) is 24.3 Å². The third kappa shape index (κ3) is 3.24. The molecule has 0 spiro atoms. The first-order valence-corrected chi connectivity index (χ1v) is 5.61. The number of hydrogen-bond acceptors (Lipinski definition) is 4. The molecule has 1 atom stereocenters. The number of nitrogens with one attached hydrogen (secondary N) is 2. The van der Waals surface area contributed by atoms with Crippen molar-refractivity contribution in [2.75, 3.05) is 13.2 Å². The van der Waals surface area contributed by atoms with E-state index in [0.717, 1.165) is 0 Å². The Kier molecular flexibility index (Phi) is 4.00. The first-order valence-electron chi connectivity index (χ1n) is 5.61. The lowest BCUT2D eigenvalue weighted by Gasteiger charge is -2.08. The Balaban J connectivity index is 1.98. The zero-order valence-corrected chi connectivity index (χ0v) is 9.97. The number of aliphatic hydroxyl groups excluding tert-OH is 1. The summed E-state index contributed by atoms with van der Waals surface area (Å²) in [5.41, 5.74) is 0.678. The smallest absolute Gasteiger partial charge is 0.322 e. The van der Waals surface area contributed by atoms with Crippen LogP contribution in [-0.2, 0) is 4.79 Å². The summed E-state index contributed by atoms with van der Waals surface area (Å²) in [5, 5.41) is 13.1. The van der Waals surface area contributed by atoms with Crippen LogP contribution in [0.15, 0.2) is 24.3 Å². The first kappa shape index (κ1) is 12.9. The molecule has 19 heavy (non-hydrogen) atoms. The average Bonchev–Trinajstić information content (AvgIpc) is 2.75. The second-order valence-electron chi connectivity index (χ2n) is 3.77. The van der Waals surface area contributed by atoms with E-state index in [4.69, 9.17) is 9.84 Å². The Hall–Kier alpha value is -2.52. The summed E-state index contributed by atoms with van der Waals surface area (Å²) < 4.78 is 5.30. The van der Waals surface area contributed by atoms with Crippen LogP contribution >= 0.6 is 0 Å². The number of hydrogen-bond donors (Lipinski definition) is 3. The van der Waals surface area contributed by atoms with E-state index in [2.05, 4.69) is 22.5 Å². The summed E-state index contributed by atoms with van der Waals surface area (Å²) in [6.45, 7) is -0.0145. The zero-order chi connectivity index (χ0) is 13.7. The third-order valence-electron chi connectivity index (χ3n) is 2.50. The number of amides is 3. The highest BCUT2D eigenvalue weighted by molar-refractivity contribution is 6.04. The molecule has 1 aliphatic rings. The SMILES string of the molecule is O=C1NC(=O)C(c2ccc(OCC#CCO)cc2)N1. The number of ether oxygens (including phenoxy) is 1. The topological polar surface area (TPSA) is 87.7 Å². The van der Waals surface area contributed by atoms with Gasteiger partial charge in [-0.15, -0.1) is 0 Å².